The maximum atomic E-state index is 3.51. The predicted octanol–water partition coefficient (Wildman–Crippen LogP) is 2.39. The first-order chi connectivity index (χ1) is 7.83. The third kappa shape index (κ3) is 1.80. The summed E-state index contributed by atoms with van der Waals surface area (Å²) in [6.45, 7) is 2.36. The highest BCUT2D eigenvalue weighted by molar-refractivity contribution is 5.04. The van der Waals surface area contributed by atoms with Crippen molar-refractivity contribution in [1.82, 2.24) is 10.2 Å². The molecule has 0 aromatic carbocycles. The van der Waals surface area contributed by atoms with Crippen LogP contribution in [0, 0.1) is 5.92 Å². The van der Waals surface area contributed by atoms with Crippen LogP contribution in [0.5, 0.6) is 0 Å². The van der Waals surface area contributed by atoms with Crippen molar-refractivity contribution in [3.05, 3.63) is 0 Å². The molecule has 92 valence electrons. The van der Waals surface area contributed by atoms with Gasteiger partial charge in [-0.05, 0) is 45.1 Å². The molecule has 0 aromatic rings. The Morgan fingerprint density at radius 3 is 2.31 bits per heavy atom. The van der Waals surface area contributed by atoms with Gasteiger partial charge in [0.05, 0.1) is 0 Å². The van der Waals surface area contributed by atoms with Crippen molar-refractivity contribution in [3.63, 3.8) is 0 Å². The molecule has 0 amide bonds. The SMILES string of the molecule is CCC1CC1N1C2CCCC1CC(NC)C2. The highest BCUT2D eigenvalue weighted by Crippen LogP contribution is 2.46. The Morgan fingerprint density at radius 1 is 1.12 bits per heavy atom. The molecule has 2 bridgehead atoms. The lowest BCUT2D eigenvalue weighted by Gasteiger charge is -2.49. The third-order valence-electron chi connectivity index (χ3n) is 5.23. The van der Waals surface area contributed by atoms with E-state index in [2.05, 4.69) is 24.2 Å². The van der Waals surface area contributed by atoms with E-state index in [1.165, 1.54) is 44.9 Å². The largest absolute Gasteiger partial charge is 0.317 e. The van der Waals surface area contributed by atoms with Crippen molar-refractivity contribution in [2.45, 2.75) is 76.0 Å². The van der Waals surface area contributed by atoms with Crippen LogP contribution in [0.3, 0.4) is 0 Å². The van der Waals surface area contributed by atoms with Gasteiger partial charge in [-0.1, -0.05) is 19.8 Å². The van der Waals surface area contributed by atoms with E-state index in [1.54, 1.807) is 0 Å². The molecule has 1 saturated carbocycles. The van der Waals surface area contributed by atoms with Gasteiger partial charge in [0.25, 0.3) is 0 Å². The summed E-state index contributed by atoms with van der Waals surface area (Å²) in [6.07, 6.45) is 10.1. The lowest BCUT2D eigenvalue weighted by Crippen LogP contribution is -2.56. The van der Waals surface area contributed by atoms with Gasteiger partial charge in [0.15, 0.2) is 0 Å². The van der Waals surface area contributed by atoms with Crippen LogP contribution in [0.4, 0.5) is 0 Å². The van der Waals surface area contributed by atoms with Crippen LogP contribution in [0.1, 0.15) is 51.9 Å². The normalized spacial score (nSPS) is 48.0. The molecule has 16 heavy (non-hydrogen) atoms. The van der Waals surface area contributed by atoms with Crippen molar-refractivity contribution >= 4 is 0 Å². The van der Waals surface area contributed by atoms with Crippen LogP contribution in [0.2, 0.25) is 0 Å². The first-order valence-corrected chi connectivity index (χ1v) is 7.28. The number of nitrogens with one attached hydrogen (secondary N) is 1. The minimum absolute atomic E-state index is 0.797. The highest BCUT2D eigenvalue weighted by Gasteiger charge is 2.49. The van der Waals surface area contributed by atoms with E-state index in [0.29, 0.717) is 0 Å². The summed E-state index contributed by atoms with van der Waals surface area (Å²) in [5.74, 6) is 1.04. The number of rotatable bonds is 3. The zero-order chi connectivity index (χ0) is 11.1. The van der Waals surface area contributed by atoms with Gasteiger partial charge in [-0.25, -0.2) is 0 Å². The molecule has 4 atom stereocenters. The van der Waals surface area contributed by atoms with Gasteiger partial charge in [0.2, 0.25) is 0 Å². The van der Waals surface area contributed by atoms with Crippen LogP contribution in [0.25, 0.3) is 0 Å². The van der Waals surface area contributed by atoms with Gasteiger partial charge in [-0.3, -0.25) is 4.90 Å². The van der Waals surface area contributed by atoms with Crippen molar-refractivity contribution in [3.8, 4) is 0 Å². The Kier molecular flexibility index (Phi) is 2.97. The van der Waals surface area contributed by atoms with Crippen molar-refractivity contribution < 1.29 is 0 Å². The molecular weight excluding hydrogens is 196 g/mol. The van der Waals surface area contributed by atoms with E-state index in [0.717, 1.165) is 30.1 Å². The molecular formula is C14H26N2. The second-order valence-electron chi connectivity index (χ2n) is 6.11. The van der Waals surface area contributed by atoms with Crippen LogP contribution < -0.4 is 5.32 Å². The monoisotopic (exact) mass is 222 g/mol. The fraction of sp³-hybridized carbons (Fsp3) is 1.00. The van der Waals surface area contributed by atoms with E-state index in [4.69, 9.17) is 0 Å². The van der Waals surface area contributed by atoms with E-state index < -0.39 is 0 Å². The van der Waals surface area contributed by atoms with Gasteiger partial charge in [0.1, 0.15) is 0 Å². The summed E-state index contributed by atoms with van der Waals surface area (Å²) in [5, 5.41) is 3.51. The Hall–Kier alpha value is -0.0800. The summed E-state index contributed by atoms with van der Waals surface area (Å²) in [5.41, 5.74) is 0. The predicted molar refractivity (Wildman–Crippen MR) is 67.5 cm³/mol. The standard InChI is InChI=1S/C14H26N2/c1-3-10-7-14(10)16-12-5-4-6-13(16)9-11(8-12)15-2/h10-15H,3-9H2,1-2H3. The maximum absolute atomic E-state index is 3.51. The number of fused-ring (bicyclic) bond motifs is 2. The minimum Gasteiger partial charge on any atom is -0.317 e. The number of piperidine rings is 2. The maximum Gasteiger partial charge on any atom is 0.0133 e. The minimum atomic E-state index is 0.797. The quantitative estimate of drug-likeness (QED) is 0.789. The van der Waals surface area contributed by atoms with Gasteiger partial charge >= 0.3 is 0 Å². The molecule has 2 heterocycles. The lowest BCUT2D eigenvalue weighted by molar-refractivity contribution is 0.0145. The molecule has 3 aliphatic rings. The second-order valence-corrected chi connectivity index (χ2v) is 6.11. The van der Waals surface area contributed by atoms with Crippen molar-refractivity contribution in [2.24, 2.45) is 5.92 Å². The molecule has 1 aliphatic carbocycles. The average molecular weight is 222 g/mol. The summed E-state index contributed by atoms with van der Waals surface area (Å²) in [7, 11) is 2.14. The molecule has 0 aromatic heterocycles. The van der Waals surface area contributed by atoms with E-state index in [1.807, 2.05) is 0 Å². The molecule has 2 saturated heterocycles. The Morgan fingerprint density at radius 2 is 1.81 bits per heavy atom. The molecule has 0 spiro atoms. The number of nitrogens with zero attached hydrogens (tertiary/aromatic N) is 1. The average Bonchev–Trinajstić information content (AvgIpc) is 3.06. The lowest BCUT2D eigenvalue weighted by atomic mass is 9.81. The topological polar surface area (TPSA) is 15.3 Å². The molecule has 2 nitrogen and oxygen atoms in total. The summed E-state index contributed by atoms with van der Waals surface area (Å²) in [4.78, 5) is 2.94. The third-order valence-corrected chi connectivity index (χ3v) is 5.23. The Labute approximate surface area is 99.8 Å². The van der Waals surface area contributed by atoms with Crippen LogP contribution in [-0.4, -0.2) is 36.1 Å². The fourth-order valence-corrected chi connectivity index (χ4v) is 4.23. The summed E-state index contributed by atoms with van der Waals surface area (Å²) in [6, 6.07) is 3.58. The molecule has 2 heteroatoms. The van der Waals surface area contributed by atoms with Crippen LogP contribution in [-0.2, 0) is 0 Å². The fourth-order valence-electron chi connectivity index (χ4n) is 4.23. The Bertz CT molecular complexity index is 239. The molecule has 3 fully saturated rings. The summed E-state index contributed by atoms with van der Waals surface area (Å²) >= 11 is 0. The number of hydrogen-bond donors (Lipinski definition) is 1. The van der Waals surface area contributed by atoms with E-state index in [-0.39, 0.29) is 0 Å². The van der Waals surface area contributed by atoms with Gasteiger partial charge in [-0.15, -0.1) is 0 Å². The molecule has 3 rings (SSSR count). The highest BCUT2D eigenvalue weighted by atomic mass is 15.3. The van der Waals surface area contributed by atoms with Gasteiger partial charge in [0, 0.05) is 24.2 Å². The Balaban J connectivity index is 1.70. The van der Waals surface area contributed by atoms with Crippen LogP contribution in [0.15, 0.2) is 0 Å². The molecule has 0 radical (unpaired) electrons. The molecule has 2 aliphatic heterocycles. The zero-order valence-electron chi connectivity index (χ0n) is 10.8. The van der Waals surface area contributed by atoms with Crippen molar-refractivity contribution in [1.29, 1.82) is 0 Å². The molecule has 1 N–H and O–H groups in total. The van der Waals surface area contributed by atoms with E-state index >= 15 is 0 Å². The van der Waals surface area contributed by atoms with E-state index in [9.17, 15) is 0 Å². The first-order valence-electron chi connectivity index (χ1n) is 7.28. The second kappa shape index (κ2) is 4.30. The summed E-state index contributed by atoms with van der Waals surface area (Å²) < 4.78 is 0. The first kappa shape index (κ1) is 11.0. The van der Waals surface area contributed by atoms with Gasteiger partial charge in [-0.2, -0.15) is 0 Å². The van der Waals surface area contributed by atoms with Crippen LogP contribution >= 0.6 is 0 Å². The number of hydrogen-bond acceptors (Lipinski definition) is 2. The zero-order valence-corrected chi connectivity index (χ0v) is 10.8. The smallest absolute Gasteiger partial charge is 0.0133 e. The van der Waals surface area contributed by atoms with Crippen molar-refractivity contribution in [2.75, 3.05) is 7.05 Å². The van der Waals surface area contributed by atoms with Gasteiger partial charge < -0.3 is 5.32 Å². The molecule has 4 unspecified atom stereocenters.